The van der Waals surface area contributed by atoms with Crippen molar-refractivity contribution in [2.75, 3.05) is 26.7 Å². The van der Waals surface area contributed by atoms with Gasteiger partial charge in [0.2, 0.25) is 0 Å². The van der Waals surface area contributed by atoms with Crippen molar-refractivity contribution >= 4 is 0 Å². The molecule has 0 radical (unpaired) electrons. The molecule has 0 aromatic heterocycles. The second kappa shape index (κ2) is 8.25. The van der Waals surface area contributed by atoms with Crippen molar-refractivity contribution in [2.45, 2.75) is 32.9 Å². The van der Waals surface area contributed by atoms with E-state index < -0.39 is 0 Å². The first-order valence-corrected chi connectivity index (χ1v) is 6.74. The number of benzene rings is 1. The molecule has 0 saturated carbocycles. The highest BCUT2D eigenvalue weighted by atomic mass is 16.3. The van der Waals surface area contributed by atoms with Gasteiger partial charge in [-0.15, -0.1) is 0 Å². The molecule has 0 bridgehead atoms. The summed E-state index contributed by atoms with van der Waals surface area (Å²) in [7, 11) is 2.04. The van der Waals surface area contributed by atoms with Gasteiger partial charge in [0.1, 0.15) is 0 Å². The van der Waals surface area contributed by atoms with Gasteiger partial charge in [-0.3, -0.25) is 4.90 Å². The highest BCUT2D eigenvalue weighted by Crippen LogP contribution is 2.06. The van der Waals surface area contributed by atoms with Crippen molar-refractivity contribution < 1.29 is 5.11 Å². The molecule has 0 aliphatic carbocycles. The number of likely N-dealkylation sites (N-methyl/N-ethyl adjacent to an activating group) is 1. The van der Waals surface area contributed by atoms with Crippen LogP contribution in [-0.2, 0) is 6.54 Å². The van der Waals surface area contributed by atoms with Gasteiger partial charge in [0.25, 0.3) is 0 Å². The highest BCUT2D eigenvalue weighted by molar-refractivity contribution is 5.21. The van der Waals surface area contributed by atoms with E-state index in [0.717, 1.165) is 19.5 Å². The standard InChI is InChI=1S/C15H26N2O/c1-4-9-16-10-15(18)12-17(3)11-14-7-5-13(2)6-8-14/h5-8,15-16,18H,4,9-12H2,1-3H3. The van der Waals surface area contributed by atoms with E-state index in [2.05, 4.69) is 48.3 Å². The molecule has 18 heavy (non-hydrogen) atoms. The van der Waals surface area contributed by atoms with Gasteiger partial charge in [0.15, 0.2) is 0 Å². The van der Waals surface area contributed by atoms with Crippen molar-refractivity contribution in [3.05, 3.63) is 35.4 Å². The number of nitrogens with zero attached hydrogens (tertiary/aromatic N) is 1. The molecule has 1 unspecified atom stereocenters. The minimum atomic E-state index is -0.299. The summed E-state index contributed by atoms with van der Waals surface area (Å²) in [4.78, 5) is 2.16. The Morgan fingerprint density at radius 1 is 1.28 bits per heavy atom. The minimum absolute atomic E-state index is 0.299. The smallest absolute Gasteiger partial charge is 0.0791 e. The van der Waals surface area contributed by atoms with Gasteiger partial charge in [-0.2, -0.15) is 0 Å². The van der Waals surface area contributed by atoms with Crippen LogP contribution in [0.2, 0.25) is 0 Å². The summed E-state index contributed by atoms with van der Waals surface area (Å²) in [5.41, 5.74) is 2.57. The molecule has 0 spiro atoms. The maximum absolute atomic E-state index is 9.86. The Labute approximate surface area is 111 Å². The predicted octanol–water partition coefficient (Wildman–Crippen LogP) is 1.79. The normalized spacial score (nSPS) is 12.9. The van der Waals surface area contributed by atoms with Gasteiger partial charge in [-0.05, 0) is 32.5 Å². The van der Waals surface area contributed by atoms with Gasteiger partial charge in [-0.1, -0.05) is 36.8 Å². The van der Waals surface area contributed by atoms with Crippen molar-refractivity contribution in [1.29, 1.82) is 0 Å². The van der Waals surface area contributed by atoms with Gasteiger partial charge in [0, 0.05) is 19.6 Å². The van der Waals surface area contributed by atoms with Crippen LogP contribution in [0.3, 0.4) is 0 Å². The molecule has 0 aliphatic rings. The van der Waals surface area contributed by atoms with Crippen LogP contribution >= 0.6 is 0 Å². The average Bonchev–Trinajstić information content (AvgIpc) is 2.32. The lowest BCUT2D eigenvalue weighted by atomic mass is 10.1. The number of hydrogen-bond acceptors (Lipinski definition) is 3. The van der Waals surface area contributed by atoms with Crippen LogP contribution in [0.5, 0.6) is 0 Å². The van der Waals surface area contributed by atoms with Crippen molar-refractivity contribution in [1.82, 2.24) is 10.2 Å². The molecular formula is C15H26N2O. The zero-order valence-electron chi connectivity index (χ0n) is 11.8. The van der Waals surface area contributed by atoms with Crippen LogP contribution in [-0.4, -0.2) is 42.8 Å². The van der Waals surface area contributed by atoms with E-state index in [1.54, 1.807) is 0 Å². The number of aliphatic hydroxyl groups is 1. The second-order valence-corrected chi connectivity index (χ2v) is 5.04. The highest BCUT2D eigenvalue weighted by Gasteiger charge is 2.07. The number of hydrogen-bond donors (Lipinski definition) is 2. The molecule has 1 aromatic rings. The summed E-state index contributed by atoms with van der Waals surface area (Å²) in [5, 5.41) is 13.1. The van der Waals surface area contributed by atoms with Crippen molar-refractivity contribution in [3.63, 3.8) is 0 Å². The van der Waals surface area contributed by atoms with E-state index in [0.29, 0.717) is 13.1 Å². The third-order valence-electron chi connectivity index (χ3n) is 2.90. The fourth-order valence-corrected chi connectivity index (χ4v) is 1.94. The molecule has 0 saturated heterocycles. The quantitative estimate of drug-likeness (QED) is 0.691. The lowest BCUT2D eigenvalue weighted by Gasteiger charge is -2.21. The monoisotopic (exact) mass is 250 g/mol. The molecule has 1 atom stereocenters. The average molecular weight is 250 g/mol. The van der Waals surface area contributed by atoms with Gasteiger partial charge in [0.05, 0.1) is 6.10 Å². The molecular weight excluding hydrogens is 224 g/mol. The van der Waals surface area contributed by atoms with Crippen LogP contribution in [0.4, 0.5) is 0 Å². The van der Waals surface area contributed by atoms with Gasteiger partial charge in [-0.25, -0.2) is 0 Å². The Bertz CT molecular complexity index is 324. The van der Waals surface area contributed by atoms with Crippen LogP contribution in [0, 0.1) is 6.92 Å². The van der Waals surface area contributed by atoms with Gasteiger partial charge >= 0.3 is 0 Å². The SMILES string of the molecule is CCCNCC(O)CN(C)Cc1ccc(C)cc1. The molecule has 3 heteroatoms. The van der Waals surface area contributed by atoms with Crippen LogP contribution < -0.4 is 5.32 Å². The zero-order chi connectivity index (χ0) is 13.4. The van der Waals surface area contributed by atoms with E-state index in [1.165, 1.54) is 11.1 Å². The van der Waals surface area contributed by atoms with E-state index in [9.17, 15) is 5.11 Å². The fourth-order valence-electron chi connectivity index (χ4n) is 1.94. The maximum Gasteiger partial charge on any atom is 0.0791 e. The second-order valence-electron chi connectivity index (χ2n) is 5.04. The van der Waals surface area contributed by atoms with Crippen molar-refractivity contribution in [3.8, 4) is 0 Å². The third kappa shape index (κ3) is 6.15. The topological polar surface area (TPSA) is 35.5 Å². The van der Waals surface area contributed by atoms with E-state index in [-0.39, 0.29) is 6.10 Å². The summed E-state index contributed by atoms with van der Waals surface area (Å²) in [5.74, 6) is 0. The van der Waals surface area contributed by atoms with E-state index in [4.69, 9.17) is 0 Å². The van der Waals surface area contributed by atoms with Crippen LogP contribution in [0.25, 0.3) is 0 Å². The zero-order valence-corrected chi connectivity index (χ0v) is 11.8. The first kappa shape index (κ1) is 15.2. The number of rotatable bonds is 8. The Balaban J connectivity index is 2.27. The minimum Gasteiger partial charge on any atom is -0.390 e. The first-order chi connectivity index (χ1) is 8.61. The Morgan fingerprint density at radius 3 is 2.56 bits per heavy atom. The molecule has 0 amide bonds. The molecule has 0 fully saturated rings. The fraction of sp³-hybridized carbons (Fsp3) is 0.600. The molecule has 1 aromatic carbocycles. The molecule has 1 rings (SSSR count). The molecule has 0 aliphatic heterocycles. The Morgan fingerprint density at radius 2 is 1.94 bits per heavy atom. The molecule has 0 heterocycles. The summed E-state index contributed by atoms with van der Waals surface area (Å²) >= 11 is 0. The lowest BCUT2D eigenvalue weighted by molar-refractivity contribution is 0.121. The van der Waals surface area contributed by atoms with Crippen LogP contribution in [0.15, 0.2) is 24.3 Å². The predicted molar refractivity (Wildman–Crippen MR) is 76.7 cm³/mol. The Hall–Kier alpha value is -0.900. The largest absolute Gasteiger partial charge is 0.390 e. The first-order valence-electron chi connectivity index (χ1n) is 6.74. The summed E-state index contributed by atoms with van der Waals surface area (Å²) < 4.78 is 0. The third-order valence-corrected chi connectivity index (χ3v) is 2.90. The Kier molecular flexibility index (Phi) is 6.94. The summed E-state index contributed by atoms with van der Waals surface area (Å²) in [6, 6.07) is 8.55. The van der Waals surface area contributed by atoms with Crippen LogP contribution in [0.1, 0.15) is 24.5 Å². The summed E-state index contributed by atoms with van der Waals surface area (Å²) in [6.45, 7) is 7.44. The molecule has 3 nitrogen and oxygen atoms in total. The van der Waals surface area contributed by atoms with Crippen molar-refractivity contribution in [2.24, 2.45) is 0 Å². The number of aryl methyl sites for hydroxylation is 1. The van der Waals surface area contributed by atoms with E-state index >= 15 is 0 Å². The summed E-state index contributed by atoms with van der Waals surface area (Å²) in [6.07, 6.45) is 0.804. The maximum atomic E-state index is 9.86. The van der Waals surface area contributed by atoms with E-state index in [1.807, 2.05) is 7.05 Å². The number of aliphatic hydroxyl groups excluding tert-OH is 1. The molecule has 102 valence electrons. The number of nitrogens with one attached hydrogen (secondary N) is 1. The lowest BCUT2D eigenvalue weighted by Crippen LogP contribution is -2.36. The van der Waals surface area contributed by atoms with Gasteiger partial charge < -0.3 is 10.4 Å². The molecule has 2 N–H and O–H groups in total.